The zero-order chi connectivity index (χ0) is 18.7. The quantitative estimate of drug-likeness (QED) is 0.895. The Hall–Kier alpha value is -2.64. The third-order valence-electron chi connectivity index (χ3n) is 4.44. The molecule has 1 amide bonds. The van der Waals surface area contributed by atoms with Gasteiger partial charge in [0.25, 0.3) is 5.91 Å². The molecule has 26 heavy (non-hydrogen) atoms. The first kappa shape index (κ1) is 18.2. The van der Waals surface area contributed by atoms with Crippen LogP contribution in [0.5, 0.6) is 0 Å². The van der Waals surface area contributed by atoms with Crippen LogP contribution in [0.2, 0.25) is 0 Å². The number of carbonyl (C=O) groups excluding carboxylic acids is 1. The van der Waals surface area contributed by atoms with Gasteiger partial charge in [-0.1, -0.05) is 13.0 Å². The number of benzene rings is 1. The number of amides is 1. The van der Waals surface area contributed by atoms with Gasteiger partial charge in [-0.3, -0.25) is 4.79 Å². The minimum atomic E-state index is -4.46. The molecule has 0 atom stereocenters. The molecule has 2 heterocycles. The number of nitrogens with zero attached hydrogens (tertiary/aromatic N) is 3. The highest BCUT2D eigenvalue weighted by molar-refractivity contribution is 6.03. The molecule has 0 spiro atoms. The minimum absolute atomic E-state index is 0.0665. The van der Waals surface area contributed by atoms with Crippen LogP contribution in [0.4, 0.5) is 24.7 Å². The number of rotatable bonds is 3. The Bertz CT molecular complexity index is 786. The molecule has 0 saturated carbocycles. The fraction of sp³-hybridized carbons (Fsp3) is 0.389. The maximum Gasteiger partial charge on any atom is 0.416 e. The van der Waals surface area contributed by atoms with Crippen molar-refractivity contribution in [1.82, 2.24) is 9.97 Å². The largest absolute Gasteiger partial charge is 0.416 e. The lowest BCUT2D eigenvalue weighted by Crippen LogP contribution is -2.33. The van der Waals surface area contributed by atoms with Crippen LogP contribution < -0.4 is 10.2 Å². The third kappa shape index (κ3) is 4.30. The van der Waals surface area contributed by atoms with Gasteiger partial charge in [0.2, 0.25) is 0 Å². The smallest absolute Gasteiger partial charge is 0.356 e. The molecule has 0 radical (unpaired) electrons. The van der Waals surface area contributed by atoms with E-state index in [1.807, 2.05) is 0 Å². The molecule has 0 bridgehead atoms. The predicted molar refractivity (Wildman–Crippen MR) is 92.0 cm³/mol. The second-order valence-corrected chi connectivity index (χ2v) is 6.46. The summed E-state index contributed by atoms with van der Waals surface area (Å²) in [5.74, 6) is 0.746. The number of alkyl halides is 3. The van der Waals surface area contributed by atoms with Crippen molar-refractivity contribution in [3.8, 4) is 0 Å². The monoisotopic (exact) mass is 364 g/mol. The van der Waals surface area contributed by atoms with Crippen molar-refractivity contribution in [2.45, 2.75) is 25.9 Å². The van der Waals surface area contributed by atoms with Crippen molar-refractivity contribution in [1.29, 1.82) is 0 Å². The van der Waals surface area contributed by atoms with Gasteiger partial charge in [-0.05, 0) is 37.0 Å². The lowest BCUT2D eigenvalue weighted by Gasteiger charge is -2.31. The zero-order valence-corrected chi connectivity index (χ0v) is 14.3. The summed E-state index contributed by atoms with van der Waals surface area (Å²) in [5, 5.41) is 2.46. The van der Waals surface area contributed by atoms with E-state index in [4.69, 9.17) is 0 Å². The van der Waals surface area contributed by atoms with E-state index in [0.717, 1.165) is 38.1 Å². The molecule has 0 unspecified atom stereocenters. The first-order chi connectivity index (χ1) is 12.3. The molecule has 2 aromatic rings. The molecular weight excluding hydrogens is 345 g/mol. The van der Waals surface area contributed by atoms with E-state index in [1.54, 1.807) is 6.07 Å². The van der Waals surface area contributed by atoms with Gasteiger partial charge in [0.05, 0.1) is 5.56 Å². The summed E-state index contributed by atoms with van der Waals surface area (Å²) in [7, 11) is 0. The second kappa shape index (κ2) is 7.31. The summed E-state index contributed by atoms with van der Waals surface area (Å²) >= 11 is 0. The van der Waals surface area contributed by atoms with Crippen molar-refractivity contribution in [2.24, 2.45) is 5.92 Å². The normalized spacial score (nSPS) is 15.8. The predicted octanol–water partition coefficient (Wildman–Crippen LogP) is 3.98. The Balaban J connectivity index is 1.73. The lowest BCUT2D eigenvalue weighted by molar-refractivity contribution is -0.137. The summed E-state index contributed by atoms with van der Waals surface area (Å²) in [6.07, 6.45) is -1.06. The van der Waals surface area contributed by atoms with Gasteiger partial charge < -0.3 is 10.2 Å². The minimum Gasteiger partial charge on any atom is -0.356 e. The van der Waals surface area contributed by atoms with Crippen molar-refractivity contribution >= 4 is 17.4 Å². The number of piperidine rings is 1. The van der Waals surface area contributed by atoms with Gasteiger partial charge in [0.1, 0.15) is 17.8 Å². The van der Waals surface area contributed by atoms with Crippen molar-refractivity contribution in [2.75, 3.05) is 23.3 Å². The topological polar surface area (TPSA) is 58.1 Å². The van der Waals surface area contributed by atoms with Gasteiger partial charge in [-0.25, -0.2) is 9.97 Å². The number of aromatic nitrogens is 2. The Morgan fingerprint density at radius 3 is 2.62 bits per heavy atom. The zero-order valence-electron chi connectivity index (χ0n) is 14.3. The van der Waals surface area contributed by atoms with Crippen LogP contribution in [0, 0.1) is 5.92 Å². The van der Waals surface area contributed by atoms with Crippen molar-refractivity contribution in [3.63, 3.8) is 0 Å². The Morgan fingerprint density at radius 2 is 1.92 bits per heavy atom. The lowest BCUT2D eigenvalue weighted by atomic mass is 9.99. The average molecular weight is 364 g/mol. The summed E-state index contributed by atoms with van der Waals surface area (Å²) in [4.78, 5) is 22.6. The highest BCUT2D eigenvalue weighted by atomic mass is 19.4. The van der Waals surface area contributed by atoms with Gasteiger partial charge >= 0.3 is 6.18 Å². The number of hydrogen-bond donors (Lipinski definition) is 1. The summed E-state index contributed by atoms with van der Waals surface area (Å²) in [6.45, 7) is 3.91. The second-order valence-electron chi connectivity index (χ2n) is 6.46. The fourth-order valence-corrected chi connectivity index (χ4v) is 2.85. The molecule has 0 aliphatic carbocycles. The molecule has 1 saturated heterocycles. The standard InChI is InChI=1S/C18H19F3N4O/c1-12-5-7-25(8-6-12)16-10-15(22-11-23-16)17(26)24-14-4-2-3-13(9-14)18(19,20)21/h2-4,9-12H,5-8H2,1H3,(H,24,26). The van der Waals surface area contributed by atoms with Gasteiger partial charge in [0, 0.05) is 24.8 Å². The number of halogens is 3. The molecule has 1 fully saturated rings. The van der Waals surface area contributed by atoms with E-state index in [9.17, 15) is 18.0 Å². The van der Waals surface area contributed by atoms with Crippen molar-refractivity contribution in [3.05, 3.63) is 47.9 Å². The maximum absolute atomic E-state index is 12.8. The number of carbonyl (C=O) groups is 1. The molecule has 5 nitrogen and oxygen atoms in total. The number of nitrogens with one attached hydrogen (secondary N) is 1. The third-order valence-corrected chi connectivity index (χ3v) is 4.44. The SMILES string of the molecule is CC1CCN(c2cc(C(=O)Nc3cccc(C(F)(F)F)c3)ncn2)CC1. The van der Waals surface area contributed by atoms with Crippen LogP contribution in [-0.2, 0) is 6.18 Å². The van der Waals surface area contributed by atoms with Gasteiger partial charge in [-0.15, -0.1) is 0 Å². The number of anilines is 2. The highest BCUT2D eigenvalue weighted by Gasteiger charge is 2.30. The fourth-order valence-electron chi connectivity index (χ4n) is 2.85. The van der Waals surface area contributed by atoms with Crippen LogP contribution in [0.25, 0.3) is 0 Å². The van der Waals surface area contributed by atoms with E-state index in [2.05, 4.69) is 27.1 Å². The van der Waals surface area contributed by atoms with E-state index in [-0.39, 0.29) is 11.4 Å². The van der Waals surface area contributed by atoms with E-state index in [0.29, 0.717) is 11.7 Å². The maximum atomic E-state index is 12.8. The molecule has 8 heteroatoms. The average Bonchev–Trinajstić information content (AvgIpc) is 2.62. The van der Waals surface area contributed by atoms with Crippen LogP contribution in [0.15, 0.2) is 36.7 Å². The molecule has 1 aromatic heterocycles. The Labute approximate surface area is 149 Å². The van der Waals surface area contributed by atoms with Crippen molar-refractivity contribution < 1.29 is 18.0 Å². The van der Waals surface area contributed by atoms with Crippen LogP contribution in [0.3, 0.4) is 0 Å². The molecule has 3 rings (SSSR count). The summed E-state index contributed by atoms with van der Waals surface area (Å²) < 4.78 is 38.3. The van der Waals surface area contributed by atoms with Gasteiger partial charge in [0.15, 0.2) is 0 Å². The Morgan fingerprint density at radius 1 is 1.19 bits per heavy atom. The first-order valence-corrected chi connectivity index (χ1v) is 8.38. The van der Waals surface area contributed by atoms with E-state index in [1.165, 1.54) is 18.5 Å². The first-order valence-electron chi connectivity index (χ1n) is 8.38. The van der Waals surface area contributed by atoms with Crippen LogP contribution in [-0.4, -0.2) is 29.0 Å². The number of hydrogen-bond acceptors (Lipinski definition) is 4. The van der Waals surface area contributed by atoms with E-state index >= 15 is 0 Å². The molecular formula is C18H19F3N4O. The molecule has 1 aliphatic heterocycles. The van der Waals surface area contributed by atoms with Crippen LogP contribution >= 0.6 is 0 Å². The summed E-state index contributed by atoms with van der Waals surface area (Å²) in [5.41, 5.74) is -0.635. The van der Waals surface area contributed by atoms with E-state index < -0.39 is 17.6 Å². The molecule has 1 N–H and O–H groups in total. The van der Waals surface area contributed by atoms with Gasteiger partial charge in [-0.2, -0.15) is 13.2 Å². The molecule has 138 valence electrons. The van der Waals surface area contributed by atoms with Crippen LogP contribution in [0.1, 0.15) is 35.8 Å². The molecule has 1 aromatic carbocycles. The Kier molecular flexibility index (Phi) is 5.11. The highest BCUT2D eigenvalue weighted by Crippen LogP contribution is 2.30. The molecule has 1 aliphatic rings. The summed E-state index contributed by atoms with van der Waals surface area (Å²) in [6, 6.07) is 6.07.